The van der Waals surface area contributed by atoms with Crippen LogP contribution in [0.4, 0.5) is 0 Å². The molecule has 6 nitrogen and oxygen atoms in total. The lowest BCUT2D eigenvalue weighted by molar-refractivity contribution is -0.116. The molecule has 0 unspecified atom stereocenters. The summed E-state index contributed by atoms with van der Waals surface area (Å²) < 4.78 is 0. The van der Waals surface area contributed by atoms with Crippen molar-refractivity contribution in [3.8, 4) is 0 Å². The number of carboxylic acids is 1. The van der Waals surface area contributed by atoms with Gasteiger partial charge in [0.1, 0.15) is 0 Å². The van der Waals surface area contributed by atoms with Crippen LogP contribution < -0.4 is 5.32 Å². The average Bonchev–Trinajstić information content (AvgIpc) is 2.75. The minimum atomic E-state index is -1.02. The molecule has 0 saturated carbocycles. The predicted octanol–water partition coefficient (Wildman–Crippen LogP) is 0.938. The lowest BCUT2D eigenvalue weighted by atomic mass is 10.1. The Labute approximate surface area is 107 Å². The Hall–Kier alpha value is -2.15. The molecule has 18 heavy (non-hydrogen) atoms. The van der Waals surface area contributed by atoms with E-state index in [2.05, 4.69) is 15.5 Å². The highest BCUT2D eigenvalue weighted by Gasteiger charge is 2.16. The molecule has 1 saturated heterocycles. The molecule has 1 aromatic rings. The van der Waals surface area contributed by atoms with E-state index in [9.17, 15) is 9.59 Å². The molecule has 92 valence electrons. The first-order valence-corrected chi connectivity index (χ1v) is 6.01. The Balaban J connectivity index is 2.14. The fourth-order valence-electron chi connectivity index (χ4n) is 1.33. The van der Waals surface area contributed by atoms with E-state index in [4.69, 9.17) is 5.11 Å². The van der Waals surface area contributed by atoms with Crippen molar-refractivity contribution in [3.05, 3.63) is 35.4 Å². The van der Waals surface area contributed by atoms with Crippen molar-refractivity contribution in [3.63, 3.8) is 0 Å². The van der Waals surface area contributed by atoms with E-state index in [1.165, 1.54) is 24.0 Å². The summed E-state index contributed by atoms with van der Waals surface area (Å²) >= 11 is 1.26. The summed E-state index contributed by atoms with van der Waals surface area (Å²) in [5.74, 6) is -0.798. The fourth-order valence-corrected chi connectivity index (χ4v) is 1.96. The molecule has 0 bridgehead atoms. The maximum absolute atomic E-state index is 10.9. The van der Waals surface area contributed by atoms with Crippen LogP contribution in [0.3, 0.4) is 0 Å². The van der Waals surface area contributed by atoms with Gasteiger partial charge in [-0.25, -0.2) is 4.79 Å². The van der Waals surface area contributed by atoms with Crippen molar-refractivity contribution < 1.29 is 14.7 Å². The van der Waals surface area contributed by atoms with Crippen LogP contribution in [0, 0.1) is 0 Å². The van der Waals surface area contributed by atoms with Crippen LogP contribution in [0.25, 0.3) is 0 Å². The molecule has 1 aromatic carbocycles. The van der Waals surface area contributed by atoms with Gasteiger partial charge in [-0.15, -0.1) is 5.10 Å². The molecule has 1 fully saturated rings. The number of benzene rings is 1. The number of amides is 1. The second-order valence-electron chi connectivity index (χ2n) is 3.38. The summed E-state index contributed by atoms with van der Waals surface area (Å²) in [5, 5.41) is 19.5. The van der Waals surface area contributed by atoms with Crippen molar-refractivity contribution >= 4 is 35.0 Å². The normalized spacial score (nSPS) is 17.3. The standard InChI is InChI=1S/C11H9N3O3S/c15-9-6-18-11(13-9)14-12-5-7-3-1-2-4-8(7)10(16)17/h1-5H,6H2,(H,16,17)(H,13,14,15). The van der Waals surface area contributed by atoms with Crippen molar-refractivity contribution in [1.29, 1.82) is 0 Å². The number of rotatable bonds is 3. The van der Waals surface area contributed by atoms with Gasteiger partial charge in [0.2, 0.25) is 5.91 Å². The van der Waals surface area contributed by atoms with Gasteiger partial charge in [0, 0.05) is 5.56 Å². The van der Waals surface area contributed by atoms with Crippen LogP contribution >= 0.6 is 11.8 Å². The predicted molar refractivity (Wildman–Crippen MR) is 69.0 cm³/mol. The number of carboxylic acid groups (broad SMARTS) is 1. The molecular weight excluding hydrogens is 254 g/mol. The van der Waals surface area contributed by atoms with Gasteiger partial charge in [0.25, 0.3) is 0 Å². The first kappa shape index (κ1) is 12.3. The zero-order chi connectivity index (χ0) is 13.0. The van der Waals surface area contributed by atoms with Gasteiger partial charge in [-0.05, 0) is 6.07 Å². The third-order valence-corrected chi connectivity index (χ3v) is 2.99. The smallest absolute Gasteiger partial charge is 0.336 e. The zero-order valence-corrected chi connectivity index (χ0v) is 9.98. The molecule has 1 amide bonds. The second kappa shape index (κ2) is 5.46. The van der Waals surface area contributed by atoms with Crippen LogP contribution in [0.15, 0.2) is 34.5 Å². The van der Waals surface area contributed by atoms with E-state index in [-0.39, 0.29) is 11.5 Å². The zero-order valence-electron chi connectivity index (χ0n) is 9.16. The van der Waals surface area contributed by atoms with Gasteiger partial charge in [-0.2, -0.15) is 5.10 Å². The Morgan fingerprint density at radius 2 is 2.22 bits per heavy atom. The van der Waals surface area contributed by atoms with Crippen LogP contribution in [0.2, 0.25) is 0 Å². The van der Waals surface area contributed by atoms with Crippen LogP contribution in [-0.2, 0) is 4.79 Å². The van der Waals surface area contributed by atoms with Crippen LogP contribution in [-0.4, -0.2) is 34.1 Å². The van der Waals surface area contributed by atoms with Crippen LogP contribution in [0.5, 0.6) is 0 Å². The fraction of sp³-hybridized carbons (Fsp3) is 0.0909. The summed E-state index contributed by atoms with van der Waals surface area (Å²) in [4.78, 5) is 21.8. The highest BCUT2D eigenvalue weighted by atomic mass is 32.2. The van der Waals surface area contributed by atoms with E-state index < -0.39 is 5.97 Å². The molecule has 0 spiro atoms. The number of nitrogens with zero attached hydrogens (tertiary/aromatic N) is 2. The lowest BCUT2D eigenvalue weighted by Crippen LogP contribution is -2.19. The molecule has 1 heterocycles. The maximum Gasteiger partial charge on any atom is 0.336 e. The van der Waals surface area contributed by atoms with Gasteiger partial charge in [0.05, 0.1) is 17.5 Å². The first-order valence-electron chi connectivity index (χ1n) is 5.03. The highest BCUT2D eigenvalue weighted by Crippen LogP contribution is 2.09. The Bertz CT molecular complexity index is 554. The summed E-state index contributed by atoms with van der Waals surface area (Å²) in [6.07, 6.45) is 1.35. The van der Waals surface area contributed by atoms with Gasteiger partial charge in [-0.3, -0.25) is 4.79 Å². The quantitative estimate of drug-likeness (QED) is 0.627. The molecule has 1 aliphatic rings. The Kier molecular flexibility index (Phi) is 3.73. The molecule has 0 aliphatic carbocycles. The summed E-state index contributed by atoms with van der Waals surface area (Å²) in [7, 11) is 0. The third-order valence-electron chi connectivity index (χ3n) is 2.12. The molecular formula is C11H9N3O3S. The van der Waals surface area contributed by atoms with Crippen molar-refractivity contribution in [1.82, 2.24) is 5.32 Å². The van der Waals surface area contributed by atoms with Gasteiger partial charge in [0.15, 0.2) is 5.17 Å². The van der Waals surface area contributed by atoms with E-state index in [1.807, 2.05) is 0 Å². The summed E-state index contributed by atoms with van der Waals surface area (Å²) in [6.45, 7) is 0. The molecule has 0 radical (unpaired) electrons. The number of nitrogens with one attached hydrogen (secondary N) is 1. The minimum Gasteiger partial charge on any atom is -0.478 e. The molecule has 0 atom stereocenters. The third kappa shape index (κ3) is 2.95. The van der Waals surface area contributed by atoms with Crippen molar-refractivity contribution in [2.24, 2.45) is 10.2 Å². The summed E-state index contributed by atoms with van der Waals surface area (Å²) in [6, 6.07) is 6.48. The molecule has 7 heteroatoms. The van der Waals surface area contributed by atoms with E-state index >= 15 is 0 Å². The number of carbonyl (C=O) groups is 2. The van der Waals surface area contributed by atoms with E-state index in [0.29, 0.717) is 16.5 Å². The number of carbonyl (C=O) groups excluding carboxylic acids is 1. The average molecular weight is 263 g/mol. The Morgan fingerprint density at radius 3 is 2.89 bits per heavy atom. The maximum atomic E-state index is 10.9. The molecule has 2 rings (SSSR count). The second-order valence-corrected chi connectivity index (χ2v) is 4.34. The van der Waals surface area contributed by atoms with Crippen molar-refractivity contribution in [2.45, 2.75) is 0 Å². The largest absolute Gasteiger partial charge is 0.478 e. The monoisotopic (exact) mass is 263 g/mol. The van der Waals surface area contributed by atoms with Gasteiger partial charge >= 0.3 is 5.97 Å². The summed E-state index contributed by atoms with van der Waals surface area (Å²) in [5.41, 5.74) is 0.619. The minimum absolute atomic E-state index is 0.111. The SMILES string of the molecule is O=C1CSC(=NN=Cc2ccccc2C(=O)O)N1. The Morgan fingerprint density at radius 1 is 1.44 bits per heavy atom. The number of hydrogen-bond acceptors (Lipinski definition) is 5. The molecule has 2 N–H and O–H groups in total. The van der Waals surface area contributed by atoms with E-state index in [0.717, 1.165) is 0 Å². The topological polar surface area (TPSA) is 91.1 Å². The van der Waals surface area contributed by atoms with Gasteiger partial charge < -0.3 is 10.4 Å². The van der Waals surface area contributed by atoms with Crippen LogP contribution in [0.1, 0.15) is 15.9 Å². The molecule has 1 aliphatic heterocycles. The first-order chi connectivity index (χ1) is 8.66. The molecule has 0 aromatic heterocycles. The highest BCUT2D eigenvalue weighted by molar-refractivity contribution is 8.15. The number of amidine groups is 1. The number of aromatic carboxylic acids is 1. The lowest BCUT2D eigenvalue weighted by Gasteiger charge is -1.98. The van der Waals surface area contributed by atoms with Crippen molar-refractivity contribution in [2.75, 3.05) is 5.75 Å². The van der Waals surface area contributed by atoms with Gasteiger partial charge in [-0.1, -0.05) is 30.0 Å². The number of thioether (sulfide) groups is 1. The van der Waals surface area contributed by atoms with E-state index in [1.54, 1.807) is 18.2 Å². The number of hydrogen-bond donors (Lipinski definition) is 2.